The van der Waals surface area contributed by atoms with Crippen molar-refractivity contribution in [1.82, 2.24) is 15.5 Å². The van der Waals surface area contributed by atoms with E-state index in [0.717, 1.165) is 42.4 Å². The molecule has 1 aliphatic rings. The van der Waals surface area contributed by atoms with Crippen molar-refractivity contribution in [3.05, 3.63) is 34.9 Å². The van der Waals surface area contributed by atoms with Crippen LogP contribution in [-0.2, 0) is 14.3 Å². The number of nitrogens with zero attached hydrogens (tertiary/aromatic N) is 1. The number of carbonyl (C=O) groups is 3. The molecule has 1 aromatic rings. The summed E-state index contributed by atoms with van der Waals surface area (Å²) >= 11 is 1.60. The van der Waals surface area contributed by atoms with Gasteiger partial charge in [0.25, 0.3) is 0 Å². The number of benzene rings is 1. The maximum absolute atomic E-state index is 13.9. The molecular weight excluding hydrogens is 474 g/mol. The van der Waals surface area contributed by atoms with Gasteiger partial charge in [-0.3, -0.25) is 9.59 Å². The highest BCUT2D eigenvalue weighted by Crippen LogP contribution is 2.28. The molecule has 2 unspecified atom stereocenters. The topological polar surface area (TPSA) is 87.7 Å². The molecule has 1 aromatic carbocycles. The Morgan fingerprint density at radius 2 is 1.81 bits per heavy atom. The molecule has 1 saturated carbocycles. The molecule has 8 heteroatoms. The van der Waals surface area contributed by atoms with Gasteiger partial charge < -0.3 is 20.3 Å². The number of thioether (sulfide) groups is 1. The molecule has 0 radical (unpaired) electrons. The van der Waals surface area contributed by atoms with E-state index in [1.54, 1.807) is 37.4 Å². The highest BCUT2D eigenvalue weighted by molar-refractivity contribution is 7.98. The maximum atomic E-state index is 13.9. The molecule has 0 aromatic heterocycles. The molecule has 1 aliphatic carbocycles. The first-order valence-corrected chi connectivity index (χ1v) is 14.5. The Morgan fingerprint density at radius 3 is 2.36 bits per heavy atom. The van der Waals surface area contributed by atoms with Gasteiger partial charge in [0.1, 0.15) is 17.7 Å². The van der Waals surface area contributed by atoms with Crippen LogP contribution in [0.2, 0.25) is 0 Å². The molecule has 0 bridgehead atoms. The summed E-state index contributed by atoms with van der Waals surface area (Å²) in [4.78, 5) is 41.9. The van der Waals surface area contributed by atoms with Crippen molar-refractivity contribution in [2.75, 3.05) is 18.6 Å². The molecular formula is C28H45N3O4S. The molecule has 2 N–H and O–H groups in total. The van der Waals surface area contributed by atoms with Crippen LogP contribution in [0.3, 0.4) is 0 Å². The zero-order valence-electron chi connectivity index (χ0n) is 23.1. The minimum Gasteiger partial charge on any atom is -0.444 e. The molecule has 202 valence electrons. The minimum atomic E-state index is -0.789. The van der Waals surface area contributed by atoms with E-state index in [-0.39, 0.29) is 17.9 Å². The van der Waals surface area contributed by atoms with Crippen molar-refractivity contribution in [3.8, 4) is 0 Å². The van der Waals surface area contributed by atoms with E-state index in [1.807, 2.05) is 45.2 Å². The summed E-state index contributed by atoms with van der Waals surface area (Å²) in [5, 5.41) is 6.01. The molecule has 36 heavy (non-hydrogen) atoms. The maximum Gasteiger partial charge on any atom is 0.408 e. The zero-order chi connectivity index (χ0) is 26.9. The number of nitrogens with one attached hydrogen (secondary N) is 2. The van der Waals surface area contributed by atoms with Crippen LogP contribution in [0.1, 0.15) is 89.0 Å². The number of likely N-dealkylation sites (N-methyl/N-ethyl adjacent to an activating group) is 1. The van der Waals surface area contributed by atoms with Crippen molar-refractivity contribution in [1.29, 1.82) is 0 Å². The predicted octanol–water partition coefficient (Wildman–Crippen LogP) is 5.29. The first-order valence-electron chi connectivity index (χ1n) is 13.1. The van der Waals surface area contributed by atoms with E-state index in [2.05, 4.69) is 10.6 Å². The van der Waals surface area contributed by atoms with Crippen LogP contribution in [-0.4, -0.2) is 59.0 Å². The van der Waals surface area contributed by atoms with Crippen LogP contribution in [0.5, 0.6) is 0 Å². The van der Waals surface area contributed by atoms with Crippen molar-refractivity contribution in [3.63, 3.8) is 0 Å². The number of carbonyl (C=O) groups excluding carboxylic acids is 3. The SMILES string of the molecule is CCN(C(=O)C(CCSC)NC(=O)OC(C)(C)C)C(C(=O)NC1CCCCC1)c1ccc(C)cc1C. The fourth-order valence-corrected chi connectivity index (χ4v) is 5.19. The second kappa shape index (κ2) is 13.9. The molecule has 2 atom stereocenters. The van der Waals surface area contributed by atoms with Crippen LogP contribution in [0.15, 0.2) is 18.2 Å². The van der Waals surface area contributed by atoms with Crippen LogP contribution < -0.4 is 10.6 Å². The molecule has 1 fully saturated rings. The van der Waals surface area contributed by atoms with Crippen molar-refractivity contribution >= 4 is 29.7 Å². The van der Waals surface area contributed by atoms with Crippen LogP contribution >= 0.6 is 11.8 Å². The van der Waals surface area contributed by atoms with E-state index in [4.69, 9.17) is 4.74 Å². The number of hydrogen-bond donors (Lipinski definition) is 2. The highest BCUT2D eigenvalue weighted by Gasteiger charge is 2.36. The summed E-state index contributed by atoms with van der Waals surface area (Å²) in [5.41, 5.74) is 2.19. The average Bonchev–Trinajstić information content (AvgIpc) is 2.79. The van der Waals surface area contributed by atoms with Gasteiger partial charge in [-0.25, -0.2) is 4.79 Å². The summed E-state index contributed by atoms with van der Waals surface area (Å²) in [6.07, 6.45) is 7.09. The number of hydrogen-bond acceptors (Lipinski definition) is 5. The van der Waals surface area contributed by atoms with Crippen molar-refractivity contribution in [2.45, 2.75) is 104 Å². The normalized spacial score (nSPS) is 16.1. The smallest absolute Gasteiger partial charge is 0.408 e. The third kappa shape index (κ3) is 9.02. The third-order valence-corrected chi connectivity index (χ3v) is 7.10. The standard InChI is InChI=1S/C28H45N3O4S/c1-8-31(26(33)23(16-17-36-7)30-27(34)35-28(4,5)6)24(22-15-14-19(2)18-20(22)3)25(32)29-21-12-10-9-11-13-21/h14-15,18,21,23-24H,8-13,16-17H2,1-7H3,(H,29,32)(H,30,34). The summed E-state index contributed by atoms with van der Waals surface area (Å²) in [6.45, 7) is 11.6. The molecule has 0 saturated heterocycles. The van der Waals surface area contributed by atoms with Gasteiger partial charge in [0, 0.05) is 12.6 Å². The Bertz CT molecular complexity index is 893. The summed E-state index contributed by atoms with van der Waals surface area (Å²) in [5.74, 6) is 0.248. The fraction of sp³-hybridized carbons (Fsp3) is 0.679. The first-order chi connectivity index (χ1) is 17.0. The lowest BCUT2D eigenvalue weighted by Gasteiger charge is -2.35. The third-order valence-electron chi connectivity index (χ3n) is 6.45. The quantitative estimate of drug-likeness (QED) is 0.439. The number of aryl methyl sites for hydroxylation is 2. The van der Waals surface area contributed by atoms with E-state index < -0.39 is 23.8 Å². The van der Waals surface area contributed by atoms with Crippen LogP contribution in [0.4, 0.5) is 4.79 Å². The number of rotatable bonds is 10. The van der Waals surface area contributed by atoms with Gasteiger partial charge in [-0.05, 0) is 83.9 Å². The Morgan fingerprint density at radius 1 is 1.14 bits per heavy atom. The molecule has 0 heterocycles. The lowest BCUT2D eigenvalue weighted by molar-refractivity contribution is -0.142. The average molecular weight is 520 g/mol. The minimum absolute atomic E-state index is 0.125. The Balaban J connectivity index is 2.39. The van der Waals surface area contributed by atoms with Gasteiger partial charge in [0.05, 0.1) is 0 Å². The molecule has 0 aliphatic heterocycles. The number of amides is 3. The first kappa shape index (κ1) is 30.0. The Kier molecular flexibility index (Phi) is 11.6. The highest BCUT2D eigenvalue weighted by atomic mass is 32.2. The van der Waals surface area contributed by atoms with Crippen LogP contribution in [0, 0.1) is 13.8 Å². The van der Waals surface area contributed by atoms with Gasteiger partial charge in [-0.2, -0.15) is 11.8 Å². The second-order valence-electron chi connectivity index (χ2n) is 10.7. The summed E-state index contributed by atoms with van der Waals surface area (Å²) < 4.78 is 5.43. The molecule has 3 amide bonds. The lowest BCUT2D eigenvalue weighted by atomic mass is 9.93. The second-order valence-corrected chi connectivity index (χ2v) is 11.7. The van der Waals surface area contributed by atoms with E-state index in [9.17, 15) is 14.4 Å². The number of ether oxygens (including phenoxy) is 1. The Hall–Kier alpha value is -2.22. The summed E-state index contributed by atoms with van der Waals surface area (Å²) in [7, 11) is 0. The Labute approximate surface area is 221 Å². The molecule has 7 nitrogen and oxygen atoms in total. The van der Waals surface area contributed by atoms with Gasteiger partial charge in [-0.1, -0.05) is 43.0 Å². The van der Waals surface area contributed by atoms with Gasteiger partial charge in [-0.15, -0.1) is 0 Å². The monoisotopic (exact) mass is 519 g/mol. The lowest BCUT2D eigenvalue weighted by Crippen LogP contribution is -2.54. The van der Waals surface area contributed by atoms with Gasteiger partial charge >= 0.3 is 6.09 Å². The van der Waals surface area contributed by atoms with Gasteiger partial charge in [0.2, 0.25) is 11.8 Å². The number of alkyl carbamates (subject to hydrolysis) is 1. The molecule has 2 rings (SSSR count). The fourth-order valence-electron chi connectivity index (χ4n) is 4.72. The van der Waals surface area contributed by atoms with Gasteiger partial charge in [0.15, 0.2) is 0 Å². The summed E-state index contributed by atoms with van der Waals surface area (Å²) in [6, 6.07) is 4.53. The van der Waals surface area contributed by atoms with Crippen molar-refractivity contribution < 1.29 is 19.1 Å². The molecule has 0 spiro atoms. The predicted molar refractivity (Wildman–Crippen MR) is 147 cm³/mol. The zero-order valence-corrected chi connectivity index (χ0v) is 23.9. The van der Waals surface area contributed by atoms with Crippen LogP contribution in [0.25, 0.3) is 0 Å². The van der Waals surface area contributed by atoms with E-state index in [0.29, 0.717) is 18.7 Å². The van der Waals surface area contributed by atoms with Crippen molar-refractivity contribution in [2.24, 2.45) is 0 Å². The largest absolute Gasteiger partial charge is 0.444 e. The van der Waals surface area contributed by atoms with E-state index in [1.165, 1.54) is 6.42 Å². The van der Waals surface area contributed by atoms with E-state index >= 15 is 0 Å².